The minimum atomic E-state index is -1.04. The van der Waals surface area contributed by atoms with E-state index in [1.807, 2.05) is 18.2 Å². The average Bonchev–Trinajstić information content (AvgIpc) is 2.54. The predicted molar refractivity (Wildman–Crippen MR) is 88.4 cm³/mol. The monoisotopic (exact) mass is 324 g/mol. The van der Waals surface area contributed by atoms with E-state index in [4.69, 9.17) is 0 Å². The maximum atomic E-state index is 11.7. The van der Waals surface area contributed by atoms with E-state index in [2.05, 4.69) is 0 Å². The van der Waals surface area contributed by atoms with Crippen LogP contribution < -0.4 is 0 Å². The molecule has 0 aliphatic rings. The summed E-state index contributed by atoms with van der Waals surface area (Å²) in [5.74, 6) is -2.07. The highest BCUT2D eigenvalue weighted by Crippen LogP contribution is 2.36. The van der Waals surface area contributed by atoms with Crippen LogP contribution in [0.3, 0.4) is 0 Å². The van der Waals surface area contributed by atoms with Crippen molar-refractivity contribution in [1.29, 1.82) is 0 Å². The van der Waals surface area contributed by atoms with Gasteiger partial charge in [-0.05, 0) is 29.0 Å². The Morgan fingerprint density at radius 3 is 2.17 bits per heavy atom. The second-order valence-electron chi connectivity index (χ2n) is 4.87. The van der Waals surface area contributed by atoms with Gasteiger partial charge in [-0.25, -0.2) is 9.59 Å². The smallest absolute Gasteiger partial charge is 0.337 e. The van der Waals surface area contributed by atoms with Crippen LogP contribution in [0.5, 0.6) is 0 Å². The van der Waals surface area contributed by atoms with E-state index in [9.17, 15) is 19.8 Å². The first kappa shape index (κ1) is 15.1. The van der Waals surface area contributed by atoms with Gasteiger partial charge in [-0.2, -0.15) is 0 Å². The average molecular weight is 324 g/mol. The third-order valence-electron chi connectivity index (χ3n) is 3.44. The summed E-state index contributed by atoms with van der Waals surface area (Å²) in [5, 5.41) is 20.3. The van der Waals surface area contributed by atoms with Gasteiger partial charge in [0.15, 0.2) is 0 Å². The van der Waals surface area contributed by atoms with Gasteiger partial charge in [-0.15, -0.1) is 0 Å². The third kappa shape index (κ3) is 2.91. The molecule has 0 saturated heterocycles. The predicted octanol–water partition coefficient (Wildman–Crippen LogP) is 4.39. The molecule has 0 heterocycles. The molecular weight excluding hydrogens is 312 g/mol. The van der Waals surface area contributed by atoms with Crippen LogP contribution in [0, 0.1) is 0 Å². The zero-order valence-corrected chi connectivity index (χ0v) is 12.7. The lowest BCUT2D eigenvalue weighted by molar-refractivity contribution is 0.0684. The van der Waals surface area contributed by atoms with E-state index in [-0.39, 0.29) is 11.1 Å². The zero-order chi connectivity index (χ0) is 16.4. The molecule has 0 atom stereocenters. The first-order chi connectivity index (χ1) is 11.1. The number of hydrogen-bond donors (Lipinski definition) is 2. The van der Waals surface area contributed by atoms with Gasteiger partial charge in [0.2, 0.25) is 0 Å². The molecule has 0 saturated carbocycles. The lowest BCUT2D eigenvalue weighted by atomic mass is 10.0. The Bertz CT molecular complexity index is 918. The van der Waals surface area contributed by atoms with Crippen molar-refractivity contribution in [3.63, 3.8) is 0 Å². The van der Waals surface area contributed by atoms with Crippen LogP contribution in [0.1, 0.15) is 20.7 Å². The van der Waals surface area contributed by atoms with Crippen molar-refractivity contribution in [2.45, 2.75) is 9.79 Å². The van der Waals surface area contributed by atoms with E-state index in [1.54, 1.807) is 36.4 Å². The molecule has 2 N–H and O–H groups in total. The van der Waals surface area contributed by atoms with Crippen molar-refractivity contribution >= 4 is 34.5 Å². The second-order valence-corrected chi connectivity index (χ2v) is 5.95. The molecule has 0 bridgehead atoms. The molecule has 0 radical (unpaired) electrons. The Morgan fingerprint density at radius 1 is 0.739 bits per heavy atom. The van der Waals surface area contributed by atoms with Crippen LogP contribution >= 0.6 is 11.8 Å². The summed E-state index contributed by atoms with van der Waals surface area (Å²) in [6, 6.07) is 17.4. The second kappa shape index (κ2) is 6.14. The molecule has 5 heteroatoms. The van der Waals surface area contributed by atoms with Gasteiger partial charge in [0, 0.05) is 9.79 Å². The largest absolute Gasteiger partial charge is 0.478 e. The Labute approximate surface area is 136 Å². The van der Waals surface area contributed by atoms with E-state index < -0.39 is 11.9 Å². The standard InChI is InChI=1S/C18H12O4S/c19-17(20)13-7-3-4-8-14(13)23-15-10-9-11-5-1-2-6-12(11)16(15)18(21)22/h1-10H,(H,19,20)(H,21,22). The van der Waals surface area contributed by atoms with Crippen molar-refractivity contribution in [2.75, 3.05) is 0 Å². The lowest BCUT2D eigenvalue weighted by Crippen LogP contribution is -2.02. The van der Waals surface area contributed by atoms with E-state index in [1.165, 1.54) is 6.07 Å². The highest BCUT2D eigenvalue weighted by atomic mass is 32.2. The molecule has 23 heavy (non-hydrogen) atoms. The number of carbonyl (C=O) groups is 2. The van der Waals surface area contributed by atoms with E-state index in [0.29, 0.717) is 15.2 Å². The molecule has 0 amide bonds. The first-order valence-electron chi connectivity index (χ1n) is 6.83. The topological polar surface area (TPSA) is 74.6 Å². The first-order valence-corrected chi connectivity index (χ1v) is 7.65. The maximum Gasteiger partial charge on any atom is 0.337 e. The molecule has 0 unspecified atom stereocenters. The van der Waals surface area contributed by atoms with Gasteiger partial charge in [-0.3, -0.25) is 0 Å². The molecule has 0 spiro atoms. The van der Waals surface area contributed by atoms with Crippen molar-refractivity contribution in [2.24, 2.45) is 0 Å². The van der Waals surface area contributed by atoms with Crippen molar-refractivity contribution < 1.29 is 19.8 Å². The van der Waals surface area contributed by atoms with Gasteiger partial charge < -0.3 is 10.2 Å². The lowest BCUT2D eigenvalue weighted by Gasteiger charge is -2.11. The molecule has 0 aliphatic carbocycles. The number of aromatic carboxylic acids is 2. The summed E-state index contributed by atoms with van der Waals surface area (Å²) in [6.45, 7) is 0. The van der Waals surface area contributed by atoms with Gasteiger partial charge >= 0.3 is 11.9 Å². The summed E-state index contributed by atoms with van der Waals surface area (Å²) < 4.78 is 0. The maximum absolute atomic E-state index is 11.7. The number of rotatable bonds is 4. The minimum Gasteiger partial charge on any atom is -0.478 e. The molecule has 3 rings (SSSR count). The van der Waals surface area contributed by atoms with Crippen LogP contribution in [0.15, 0.2) is 70.5 Å². The van der Waals surface area contributed by atoms with Gasteiger partial charge in [0.1, 0.15) is 0 Å². The molecule has 3 aromatic carbocycles. The van der Waals surface area contributed by atoms with E-state index >= 15 is 0 Å². The summed E-state index contributed by atoms with van der Waals surface area (Å²) in [7, 11) is 0. The van der Waals surface area contributed by atoms with Crippen molar-refractivity contribution in [1.82, 2.24) is 0 Å². The van der Waals surface area contributed by atoms with Crippen LogP contribution in [0.4, 0.5) is 0 Å². The fraction of sp³-hybridized carbons (Fsp3) is 0. The fourth-order valence-electron chi connectivity index (χ4n) is 2.41. The van der Waals surface area contributed by atoms with Crippen LogP contribution in [-0.4, -0.2) is 22.2 Å². The van der Waals surface area contributed by atoms with Gasteiger partial charge in [0.05, 0.1) is 11.1 Å². The number of benzene rings is 3. The third-order valence-corrected chi connectivity index (χ3v) is 4.58. The van der Waals surface area contributed by atoms with Crippen LogP contribution in [-0.2, 0) is 0 Å². The quantitative estimate of drug-likeness (QED) is 0.744. The van der Waals surface area contributed by atoms with Gasteiger partial charge in [-0.1, -0.05) is 54.2 Å². The zero-order valence-electron chi connectivity index (χ0n) is 11.9. The Morgan fingerprint density at radius 2 is 1.43 bits per heavy atom. The van der Waals surface area contributed by atoms with Crippen molar-refractivity contribution in [3.8, 4) is 0 Å². The summed E-state index contributed by atoms with van der Waals surface area (Å²) in [5.41, 5.74) is 0.343. The highest BCUT2D eigenvalue weighted by molar-refractivity contribution is 7.99. The summed E-state index contributed by atoms with van der Waals surface area (Å²) in [4.78, 5) is 24.1. The van der Waals surface area contributed by atoms with Gasteiger partial charge in [0.25, 0.3) is 0 Å². The molecule has 0 aliphatic heterocycles. The van der Waals surface area contributed by atoms with E-state index in [0.717, 1.165) is 17.1 Å². The highest BCUT2D eigenvalue weighted by Gasteiger charge is 2.17. The summed E-state index contributed by atoms with van der Waals surface area (Å²) in [6.07, 6.45) is 0. The molecule has 4 nitrogen and oxygen atoms in total. The number of hydrogen-bond acceptors (Lipinski definition) is 3. The SMILES string of the molecule is O=C(O)c1ccccc1Sc1ccc2ccccc2c1C(=O)O. The Hall–Kier alpha value is -2.79. The molecule has 3 aromatic rings. The summed E-state index contributed by atoms with van der Waals surface area (Å²) >= 11 is 1.15. The molecule has 0 fully saturated rings. The van der Waals surface area contributed by atoms with Crippen LogP contribution in [0.2, 0.25) is 0 Å². The fourth-order valence-corrected chi connectivity index (χ4v) is 3.49. The molecule has 114 valence electrons. The van der Waals surface area contributed by atoms with Crippen molar-refractivity contribution in [3.05, 3.63) is 71.8 Å². The number of carboxylic acids is 2. The van der Waals surface area contributed by atoms with Crippen LogP contribution in [0.25, 0.3) is 10.8 Å². The number of carboxylic acid groups (broad SMARTS) is 2. The molecule has 0 aromatic heterocycles. The Balaban J connectivity index is 2.16. The minimum absolute atomic E-state index is 0.155. The Kier molecular flexibility index (Phi) is 4.04. The number of fused-ring (bicyclic) bond motifs is 1. The normalized spacial score (nSPS) is 10.6. The molecular formula is C18H12O4S.